The maximum atomic E-state index is 2.64. The number of nitrogens with zero attached hydrogens (tertiary/aromatic N) is 1. The van der Waals surface area contributed by atoms with Crippen molar-refractivity contribution in [1.29, 1.82) is 0 Å². The Labute approximate surface area is 130 Å². The van der Waals surface area contributed by atoms with E-state index in [0.717, 1.165) is 0 Å². The molecule has 0 aliphatic heterocycles. The first-order chi connectivity index (χ1) is 10.2. The van der Waals surface area contributed by atoms with Gasteiger partial charge in [-0.2, -0.15) is 0 Å². The Bertz CT molecular complexity index is 540. The molecule has 1 atom stereocenters. The molecule has 0 radical (unpaired) electrons. The van der Waals surface area contributed by atoms with Crippen LogP contribution in [0.1, 0.15) is 45.6 Å². The van der Waals surface area contributed by atoms with Crippen molar-refractivity contribution < 1.29 is 0 Å². The molecule has 1 heteroatoms. The van der Waals surface area contributed by atoms with Crippen LogP contribution in [0, 0.1) is 0 Å². The van der Waals surface area contributed by atoms with Crippen LogP contribution in [0.15, 0.2) is 42.5 Å². The van der Waals surface area contributed by atoms with Gasteiger partial charge in [0.2, 0.25) is 0 Å². The molecule has 0 spiro atoms. The van der Waals surface area contributed by atoms with Crippen molar-refractivity contribution in [3.05, 3.63) is 48.0 Å². The normalized spacial score (nSPS) is 13.0. The molecule has 21 heavy (non-hydrogen) atoms. The lowest BCUT2D eigenvalue weighted by atomic mass is 10.0. The third kappa shape index (κ3) is 4.57. The predicted octanol–water partition coefficient (Wildman–Crippen LogP) is 5.28. The number of hydrogen-bond acceptors (Lipinski definition) is 1. The third-order valence-corrected chi connectivity index (χ3v) is 4.31. The van der Waals surface area contributed by atoms with Gasteiger partial charge < -0.3 is 4.90 Å². The molecule has 2 aromatic carbocycles. The highest BCUT2D eigenvalue weighted by Crippen LogP contribution is 2.18. The first-order valence-corrected chi connectivity index (χ1v) is 8.46. The van der Waals surface area contributed by atoms with Crippen molar-refractivity contribution in [2.24, 2.45) is 0 Å². The van der Waals surface area contributed by atoms with E-state index in [0.29, 0.717) is 6.04 Å². The Balaban J connectivity index is 1.96. The minimum Gasteiger partial charge on any atom is -0.301 e. The van der Waals surface area contributed by atoms with Crippen LogP contribution in [0.25, 0.3) is 10.8 Å². The van der Waals surface area contributed by atoms with Gasteiger partial charge in [-0.1, -0.05) is 56.3 Å². The summed E-state index contributed by atoms with van der Waals surface area (Å²) in [6.45, 7) is 9.39. The predicted molar refractivity (Wildman–Crippen MR) is 93.9 cm³/mol. The fraction of sp³-hybridized carbons (Fsp3) is 0.500. The van der Waals surface area contributed by atoms with E-state index in [2.05, 4.69) is 68.1 Å². The number of fused-ring (bicyclic) bond motifs is 1. The molecule has 0 bridgehead atoms. The summed E-state index contributed by atoms with van der Waals surface area (Å²) < 4.78 is 0. The van der Waals surface area contributed by atoms with Crippen molar-refractivity contribution in [2.75, 3.05) is 13.1 Å². The molecule has 114 valence electrons. The molecule has 0 fully saturated rings. The number of benzene rings is 2. The van der Waals surface area contributed by atoms with Crippen molar-refractivity contribution in [1.82, 2.24) is 4.90 Å². The fourth-order valence-electron chi connectivity index (χ4n) is 3.08. The molecule has 0 amide bonds. The first-order valence-electron chi connectivity index (χ1n) is 8.46. The summed E-state index contributed by atoms with van der Waals surface area (Å²) in [5.74, 6) is 0. The van der Waals surface area contributed by atoms with E-state index >= 15 is 0 Å². The monoisotopic (exact) mass is 283 g/mol. The maximum absolute atomic E-state index is 2.64. The van der Waals surface area contributed by atoms with E-state index in [9.17, 15) is 0 Å². The summed E-state index contributed by atoms with van der Waals surface area (Å²) in [5.41, 5.74) is 1.47. The molecule has 2 rings (SSSR count). The van der Waals surface area contributed by atoms with Gasteiger partial charge in [0.15, 0.2) is 0 Å². The van der Waals surface area contributed by atoms with Crippen LogP contribution in [0.5, 0.6) is 0 Å². The van der Waals surface area contributed by atoms with Gasteiger partial charge >= 0.3 is 0 Å². The number of rotatable bonds is 8. The summed E-state index contributed by atoms with van der Waals surface area (Å²) in [6.07, 6.45) is 4.93. The minimum atomic E-state index is 0.677. The smallest absolute Gasteiger partial charge is 0.00700 e. The van der Waals surface area contributed by atoms with Gasteiger partial charge in [-0.15, -0.1) is 0 Å². The van der Waals surface area contributed by atoms with Crippen molar-refractivity contribution in [3.8, 4) is 0 Å². The second-order valence-corrected chi connectivity index (χ2v) is 6.11. The topological polar surface area (TPSA) is 3.24 Å². The molecule has 1 unspecified atom stereocenters. The molecule has 0 N–H and O–H groups in total. The van der Waals surface area contributed by atoms with E-state index in [4.69, 9.17) is 0 Å². The molecule has 2 aromatic rings. The van der Waals surface area contributed by atoms with E-state index in [-0.39, 0.29) is 0 Å². The molecule has 0 aliphatic rings. The molecule has 0 aliphatic carbocycles. The Morgan fingerprint density at radius 1 is 0.905 bits per heavy atom. The summed E-state index contributed by atoms with van der Waals surface area (Å²) in [4.78, 5) is 2.64. The van der Waals surface area contributed by atoms with Gasteiger partial charge in [-0.3, -0.25) is 0 Å². The second kappa shape index (κ2) is 8.19. The van der Waals surface area contributed by atoms with Gasteiger partial charge in [0.25, 0.3) is 0 Å². The highest BCUT2D eigenvalue weighted by molar-refractivity contribution is 5.82. The number of hydrogen-bond donors (Lipinski definition) is 0. The minimum absolute atomic E-state index is 0.677. The molecule has 0 aromatic heterocycles. The van der Waals surface area contributed by atoms with Crippen LogP contribution in [0.4, 0.5) is 0 Å². The van der Waals surface area contributed by atoms with Crippen molar-refractivity contribution in [2.45, 2.75) is 52.5 Å². The largest absolute Gasteiger partial charge is 0.301 e. The summed E-state index contributed by atoms with van der Waals surface area (Å²) in [5, 5.41) is 2.70. The zero-order valence-corrected chi connectivity index (χ0v) is 13.8. The Morgan fingerprint density at radius 2 is 1.57 bits per heavy atom. The van der Waals surface area contributed by atoms with Crippen LogP contribution in [0.2, 0.25) is 0 Å². The summed E-state index contributed by atoms with van der Waals surface area (Å²) >= 11 is 0. The molecule has 1 nitrogen and oxygen atoms in total. The van der Waals surface area contributed by atoms with Crippen LogP contribution >= 0.6 is 0 Å². The maximum Gasteiger partial charge on any atom is 0.00700 e. The van der Waals surface area contributed by atoms with E-state index in [1.165, 1.54) is 55.1 Å². The van der Waals surface area contributed by atoms with Crippen LogP contribution in [-0.4, -0.2) is 24.0 Å². The van der Waals surface area contributed by atoms with Crippen molar-refractivity contribution >= 4 is 10.8 Å². The highest BCUT2D eigenvalue weighted by atomic mass is 15.1. The fourth-order valence-corrected chi connectivity index (χ4v) is 3.08. The summed E-state index contributed by atoms with van der Waals surface area (Å²) in [6, 6.07) is 16.2. The van der Waals surface area contributed by atoms with Gasteiger partial charge in [-0.05, 0) is 62.0 Å². The van der Waals surface area contributed by atoms with Crippen LogP contribution < -0.4 is 0 Å². The zero-order valence-electron chi connectivity index (χ0n) is 13.8. The lowest BCUT2D eigenvalue weighted by Crippen LogP contribution is -2.34. The second-order valence-electron chi connectivity index (χ2n) is 6.11. The standard InChI is InChI=1S/C20H29N/c1-4-14-21(15-5-2)17(3)10-11-18-12-13-19-8-6-7-9-20(19)16-18/h6-9,12-13,16-17H,4-5,10-11,14-15H2,1-3H3. The Morgan fingerprint density at radius 3 is 2.24 bits per heavy atom. The van der Waals surface area contributed by atoms with Gasteiger partial charge in [0, 0.05) is 6.04 Å². The third-order valence-electron chi connectivity index (χ3n) is 4.31. The summed E-state index contributed by atoms with van der Waals surface area (Å²) in [7, 11) is 0. The SMILES string of the molecule is CCCN(CCC)C(C)CCc1ccc2ccccc2c1. The molecule has 0 heterocycles. The first kappa shape index (κ1) is 16.0. The van der Waals surface area contributed by atoms with Gasteiger partial charge in [0.1, 0.15) is 0 Å². The average Bonchev–Trinajstić information content (AvgIpc) is 2.52. The van der Waals surface area contributed by atoms with Crippen molar-refractivity contribution in [3.63, 3.8) is 0 Å². The quantitative estimate of drug-likeness (QED) is 0.637. The molecule has 0 saturated carbocycles. The lowest BCUT2D eigenvalue weighted by molar-refractivity contribution is 0.200. The Hall–Kier alpha value is -1.34. The average molecular weight is 283 g/mol. The van der Waals surface area contributed by atoms with Crippen LogP contribution in [0.3, 0.4) is 0 Å². The van der Waals surface area contributed by atoms with E-state index in [1.807, 2.05) is 0 Å². The highest BCUT2D eigenvalue weighted by Gasteiger charge is 2.11. The van der Waals surface area contributed by atoms with E-state index < -0.39 is 0 Å². The van der Waals surface area contributed by atoms with Gasteiger partial charge in [-0.25, -0.2) is 0 Å². The van der Waals surface area contributed by atoms with Gasteiger partial charge in [0.05, 0.1) is 0 Å². The zero-order chi connectivity index (χ0) is 15.1. The number of aryl methyl sites for hydroxylation is 1. The van der Waals surface area contributed by atoms with E-state index in [1.54, 1.807) is 0 Å². The lowest BCUT2D eigenvalue weighted by Gasteiger charge is -2.28. The molecular formula is C20H29N. The Kier molecular flexibility index (Phi) is 6.25. The van der Waals surface area contributed by atoms with Crippen LogP contribution in [-0.2, 0) is 6.42 Å². The molecule has 0 saturated heterocycles. The molecular weight excluding hydrogens is 254 g/mol.